The molecule has 6 nitrogen and oxygen atoms in total. The number of thiophene rings is 1. The highest BCUT2D eigenvalue weighted by Crippen LogP contribution is 2.22. The maximum absolute atomic E-state index is 11.6. The summed E-state index contributed by atoms with van der Waals surface area (Å²) in [5.74, 6) is -0.856. The van der Waals surface area contributed by atoms with E-state index in [1.807, 2.05) is 0 Å². The second kappa shape index (κ2) is 6.11. The number of hydrogen-bond donors (Lipinski definition) is 2. The Balaban J connectivity index is 1.77. The summed E-state index contributed by atoms with van der Waals surface area (Å²) in [6.07, 6.45) is 0.578. The largest absolute Gasteiger partial charge is 0.279 e. The number of carbonyl (C=O) groups excluding carboxylic acids is 2. The third-order valence-electron chi connectivity index (χ3n) is 2.91. The summed E-state index contributed by atoms with van der Waals surface area (Å²) in [7, 11) is -2.99. The first-order valence-electron chi connectivity index (χ1n) is 5.91. The minimum absolute atomic E-state index is 0.0366. The van der Waals surface area contributed by atoms with E-state index in [0.29, 0.717) is 15.6 Å². The zero-order valence-electron chi connectivity index (χ0n) is 10.4. The van der Waals surface area contributed by atoms with Crippen LogP contribution in [0, 0.1) is 5.92 Å². The van der Waals surface area contributed by atoms with Crippen molar-refractivity contribution in [2.75, 3.05) is 11.5 Å². The summed E-state index contributed by atoms with van der Waals surface area (Å²) in [6, 6.07) is 3.14. The van der Waals surface area contributed by atoms with E-state index < -0.39 is 21.7 Å². The first kappa shape index (κ1) is 15.3. The molecule has 0 bridgehead atoms. The smallest absolute Gasteiger partial charge is 0.273 e. The van der Waals surface area contributed by atoms with E-state index in [4.69, 9.17) is 11.6 Å². The molecule has 9 heteroatoms. The van der Waals surface area contributed by atoms with Crippen LogP contribution in [-0.4, -0.2) is 31.7 Å². The van der Waals surface area contributed by atoms with E-state index in [2.05, 4.69) is 10.9 Å². The van der Waals surface area contributed by atoms with Gasteiger partial charge in [0.1, 0.15) is 0 Å². The number of amides is 2. The van der Waals surface area contributed by atoms with E-state index in [1.165, 1.54) is 0 Å². The molecule has 0 aliphatic carbocycles. The first-order valence-corrected chi connectivity index (χ1v) is 8.92. The van der Waals surface area contributed by atoms with Crippen LogP contribution in [-0.2, 0) is 14.6 Å². The van der Waals surface area contributed by atoms with Crippen molar-refractivity contribution in [3.05, 3.63) is 21.3 Å². The quantitative estimate of drug-likeness (QED) is 0.805. The van der Waals surface area contributed by atoms with Crippen LogP contribution < -0.4 is 10.9 Å². The highest BCUT2D eigenvalue weighted by Gasteiger charge is 2.29. The molecular weight excluding hydrogens is 324 g/mol. The zero-order chi connectivity index (χ0) is 14.8. The summed E-state index contributed by atoms with van der Waals surface area (Å²) in [4.78, 5) is 23.6. The molecule has 1 saturated heterocycles. The van der Waals surface area contributed by atoms with Gasteiger partial charge in [-0.1, -0.05) is 11.6 Å². The number of carbonyl (C=O) groups is 2. The van der Waals surface area contributed by atoms with E-state index in [-0.39, 0.29) is 23.8 Å². The van der Waals surface area contributed by atoms with Crippen LogP contribution in [0.2, 0.25) is 4.34 Å². The standard InChI is InChI=1S/C11H13ClN2O4S2/c12-9-2-1-8(19-9)11(16)14-13-10(15)5-7-3-4-20(17,18)6-7/h1-2,7H,3-6H2,(H,13,15)(H,14,16)/t7-/m0/s1. The molecule has 1 aromatic rings. The number of nitrogens with one attached hydrogen (secondary N) is 2. The van der Waals surface area contributed by atoms with E-state index >= 15 is 0 Å². The van der Waals surface area contributed by atoms with Gasteiger partial charge in [0, 0.05) is 6.42 Å². The van der Waals surface area contributed by atoms with E-state index in [1.54, 1.807) is 12.1 Å². The van der Waals surface area contributed by atoms with Crippen molar-refractivity contribution < 1.29 is 18.0 Å². The molecule has 110 valence electrons. The highest BCUT2D eigenvalue weighted by molar-refractivity contribution is 7.91. The molecule has 20 heavy (non-hydrogen) atoms. The van der Waals surface area contributed by atoms with Crippen LogP contribution in [0.3, 0.4) is 0 Å². The van der Waals surface area contributed by atoms with Crippen molar-refractivity contribution in [1.29, 1.82) is 0 Å². The number of rotatable bonds is 3. The van der Waals surface area contributed by atoms with Crippen molar-refractivity contribution in [2.24, 2.45) is 5.92 Å². The van der Waals surface area contributed by atoms with Crippen molar-refractivity contribution in [1.82, 2.24) is 10.9 Å². The average molecular weight is 337 g/mol. The second-order valence-corrected chi connectivity index (χ2v) is 8.52. The average Bonchev–Trinajstić information content (AvgIpc) is 2.92. The third-order valence-corrected chi connectivity index (χ3v) is 5.98. The van der Waals surface area contributed by atoms with Crippen molar-refractivity contribution in [3.63, 3.8) is 0 Å². The molecule has 0 saturated carbocycles. The molecule has 1 aliphatic heterocycles. The van der Waals surface area contributed by atoms with Gasteiger partial charge in [-0.3, -0.25) is 20.4 Å². The van der Waals surface area contributed by atoms with Gasteiger partial charge >= 0.3 is 0 Å². The van der Waals surface area contributed by atoms with E-state index in [9.17, 15) is 18.0 Å². The predicted octanol–water partition coefficient (Wildman–Crippen LogP) is 0.987. The fraction of sp³-hybridized carbons (Fsp3) is 0.455. The Morgan fingerprint density at radius 1 is 1.35 bits per heavy atom. The van der Waals surface area contributed by atoms with Gasteiger partial charge in [-0.05, 0) is 24.5 Å². The summed E-state index contributed by atoms with van der Waals surface area (Å²) >= 11 is 6.80. The molecule has 2 N–H and O–H groups in total. The topological polar surface area (TPSA) is 92.3 Å². The fourth-order valence-corrected chi connectivity index (χ4v) is 4.77. The Labute approximate surface area is 125 Å². The molecule has 0 spiro atoms. The lowest BCUT2D eigenvalue weighted by Crippen LogP contribution is -2.42. The SMILES string of the molecule is O=C(C[C@@H]1CCS(=O)(=O)C1)NNC(=O)c1ccc(Cl)s1. The second-order valence-electron chi connectivity index (χ2n) is 4.58. The predicted molar refractivity (Wildman–Crippen MR) is 76.3 cm³/mol. The van der Waals surface area contributed by atoms with Crippen LogP contribution in [0.1, 0.15) is 22.5 Å². The molecule has 2 heterocycles. The van der Waals surface area contributed by atoms with Gasteiger partial charge < -0.3 is 0 Å². The van der Waals surface area contributed by atoms with Gasteiger partial charge in [0.25, 0.3) is 5.91 Å². The van der Waals surface area contributed by atoms with Crippen LogP contribution in [0.15, 0.2) is 12.1 Å². The number of hydrazine groups is 1. The molecule has 0 radical (unpaired) electrons. The Morgan fingerprint density at radius 2 is 2.10 bits per heavy atom. The lowest BCUT2D eigenvalue weighted by atomic mass is 10.1. The minimum atomic E-state index is -2.99. The normalized spacial score (nSPS) is 20.6. The van der Waals surface area contributed by atoms with Crippen molar-refractivity contribution >= 4 is 44.6 Å². The lowest BCUT2D eigenvalue weighted by molar-refractivity contribution is -0.122. The number of halogens is 1. The van der Waals surface area contributed by atoms with Crippen LogP contribution in [0.5, 0.6) is 0 Å². The van der Waals surface area contributed by atoms with Gasteiger partial charge in [-0.15, -0.1) is 11.3 Å². The molecular formula is C11H13ClN2O4S2. The maximum Gasteiger partial charge on any atom is 0.279 e. The minimum Gasteiger partial charge on any atom is -0.273 e. The number of hydrogen-bond acceptors (Lipinski definition) is 5. The maximum atomic E-state index is 11.6. The van der Waals surface area contributed by atoms with Gasteiger partial charge in [0.15, 0.2) is 9.84 Å². The Hall–Kier alpha value is -1.12. The van der Waals surface area contributed by atoms with Gasteiger partial charge in [0.2, 0.25) is 5.91 Å². The molecule has 0 unspecified atom stereocenters. The Kier molecular flexibility index (Phi) is 4.66. The Bertz CT molecular complexity index is 626. The molecule has 1 aromatic heterocycles. The molecule has 1 aliphatic rings. The van der Waals surface area contributed by atoms with E-state index in [0.717, 1.165) is 11.3 Å². The molecule has 1 atom stereocenters. The molecule has 1 fully saturated rings. The summed E-state index contributed by atoms with van der Waals surface area (Å²) in [5.41, 5.74) is 4.55. The summed E-state index contributed by atoms with van der Waals surface area (Å²) in [6.45, 7) is 0. The van der Waals surface area contributed by atoms with Crippen LogP contribution >= 0.6 is 22.9 Å². The monoisotopic (exact) mass is 336 g/mol. The third kappa shape index (κ3) is 4.19. The molecule has 0 aromatic carbocycles. The van der Waals surface area contributed by atoms with Crippen LogP contribution in [0.25, 0.3) is 0 Å². The summed E-state index contributed by atoms with van der Waals surface area (Å²) in [5, 5.41) is 0. The van der Waals surface area contributed by atoms with Crippen molar-refractivity contribution in [2.45, 2.75) is 12.8 Å². The fourth-order valence-electron chi connectivity index (χ4n) is 1.97. The zero-order valence-corrected chi connectivity index (χ0v) is 12.8. The lowest BCUT2D eigenvalue weighted by Gasteiger charge is -2.09. The van der Waals surface area contributed by atoms with Gasteiger partial charge in [-0.25, -0.2) is 8.42 Å². The number of sulfone groups is 1. The summed E-state index contributed by atoms with van der Waals surface area (Å²) < 4.78 is 23.0. The van der Waals surface area contributed by atoms with Gasteiger partial charge in [-0.2, -0.15) is 0 Å². The first-order chi connectivity index (χ1) is 9.35. The van der Waals surface area contributed by atoms with Crippen molar-refractivity contribution in [3.8, 4) is 0 Å². The van der Waals surface area contributed by atoms with Gasteiger partial charge in [0.05, 0.1) is 20.7 Å². The highest BCUT2D eigenvalue weighted by atomic mass is 35.5. The molecule has 2 rings (SSSR count). The van der Waals surface area contributed by atoms with Crippen LogP contribution in [0.4, 0.5) is 0 Å². The Morgan fingerprint density at radius 3 is 2.65 bits per heavy atom. The molecule has 2 amide bonds.